The van der Waals surface area contributed by atoms with Crippen molar-refractivity contribution in [2.75, 3.05) is 18.0 Å². The van der Waals surface area contributed by atoms with Gasteiger partial charge in [-0.3, -0.25) is 4.98 Å². The third kappa shape index (κ3) is 3.52. The normalized spacial score (nSPS) is 17.6. The highest BCUT2D eigenvalue weighted by Crippen LogP contribution is 2.28. The van der Waals surface area contributed by atoms with Gasteiger partial charge in [-0.1, -0.05) is 0 Å². The van der Waals surface area contributed by atoms with E-state index in [-0.39, 0.29) is 5.82 Å². The van der Waals surface area contributed by atoms with E-state index in [4.69, 9.17) is 0 Å². The van der Waals surface area contributed by atoms with Crippen LogP contribution in [0.2, 0.25) is 0 Å². The molecule has 0 radical (unpaired) electrons. The zero-order chi connectivity index (χ0) is 17.1. The average Bonchev–Trinajstić information content (AvgIpc) is 3.11. The molecule has 1 aliphatic heterocycles. The highest BCUT2D eigenvalue weighted by Gasteiger charge is 2.25. The SMILES string of the molecule is Fc1ccc(N2CCC[C@H](c3nccn3Cc3ccncc3)C2)nc1. The van der Waals surface area contributed by atoms with Gasteiger partial charge in [0.2, 0.25) is 0 Å². The first-order valence-corrected chi connectivity index (χ1v) is 8.56. The molecule has 0 unspecified atom stereocenters. The van der Waals surface area contributed by atoms with Crippen molar-refractivity contribution in [1.29, 1.82) is 0 Å². The number of imidazole rings is 1. The quantitative estimate of drug-likeness (QED) is 0.733. The minimum Gasteiger partial charge on any atom is -0.356 e. The van der Waals surface area contributed by atoms with Gasteiger partial charge in [0.05, 0.1) is 6.20 Å². The van der Waals surface area contributed by atoms with Crippen molar-refractivity contribution in [3.8, 4) is 0 Å². The largest absolute Gasteiger partial charge is 0.356 e. The molecule has 1 saturated heterocycles. The second kappa shape index (κ2) is 7.01. The number of aromatic nitrogens is 4. The lowest BCUT2D eigenvalue weighted by molar-refractivity contribution is 0.473. The van der Waals surface area contributed by atoms with Crippen LogP contribution in [0.25, 0.3) is 0 Å². The Labute approximate surface area is 146 Å². The van der Waals surface area contributed by atoms with E-state index in [1.54, 1.807) is 6.07 Å². The number of hydrogen-bond acceptors (Lipinski definition) is 4. The average molecular weight is 337 g/mol. The topological polar surface area (TPSA) is 46.8 Å². The van der Waals surface area contributed by atoms with E-state index in [1.165, 1.54) is 17.8 Å². The predicted molar refractivity (Wildman–Crippen MR) is 93.9 cm³/mol. The monoisotopic (exact) mass is 337 g/mol. The molecule has 3 aromatic heterocycles. The Kier molecular flexibility index (Phi) is 4.41. The van der Waals surface area contributed by atoms with Gasteiger partial charge in [0.1, 0.15) is 17.5 Å². The second-order valence-corrected chi connectivity index (χ2v) is 6.39. The van der Waals surface area contributed by atoms with Crippen molar-refractivity contribution in [3.05, 3.63) is 72.5 Å². The number of pyridine rings is 2. The molecule has 0 saturated carbocycles. The zero-order valence-electron chi connectivity index (χ0n) is 13.9. The van der Waals surface area contributed by atoms with Crippen LogP contribution in [0, 0.1) is 5.82 Å². The molecular weight excluding hydrogens is 317 g/mol. The number of halogens is 1. The van der Waals surface area contributed by atoms with Gasteiger partial charge in [-0.15, -0.1) is 0 Å². The van der Waals surface area contributed by atoms with Crippen LogP contribution in [0.3, 0.4) is 0 Å². The van der Waals surface area contributed by atoms with Crippen molar-refractivity contribution in [2.24, 2.45) is 0 Å². The molecule has 3 aromatic rings. The van der Waals surface area contributed by atoms with E-state index in [9.17, 15) is 4.39 Å². The van der Waals surface area contributed by atoms with E-state index in [2.05, 4.69) is 24.4 Å². The van der Waals surface area contributed by atoms with E-state index >= 15 is 0 Å². The minimum absolute atomic E-state index is 0.301. The third-order valence-electron chi connectivity index (χ3n) is 4.67. The standard InChI is InChI=1S/C19H20FN5/c20-17-3-4-18(23-12-17)24-10-1-2-16(14-24)19-22-9-11-25(19)13-15-5-7-21-8-6-15/h3-9,11-12,16H,1-2,10,13-14H2/t16-/m0/s1. The highest BCUT2D eigenvalue weighted by molar-refractivity contribution is 5.39. The Balaban J connectivity index is 1.52. The first-order chi connectivity index (χ1) is 12.3. The number of hydrogen-bond donors (Lipinski definition) is 0. The molecule has 25 heavy (non-hydrogen) atoms. The first kappa shape index (κ1) is 15.7. The maximum absolute atomic E-state index is 13.1. The summed E-state index contributed by atoms with van der Waals surface area (Å²) in [7, 11) is 0. The number of anilines is 1. The van der Waals surface area contributed by atoms with Crippen LogP contribution in [0.4, 0.5) is 10.2 Å². The summed E-state index contributed by atoms with van der Waals surface area (Å²) in [5.74, 6) is 1.98. The Morgan fingerprint density at radius 3 is 2.76 bits per heavy atom. The maximum atomic E-state index is 13.1. The molecule has 5 nitrogen and oxygen atoms in total. The molecular formula is C19H20FN5. The Morgan fingerprint density at radius 1 is 1.08 bits per heavy atom. The molecule has 128 valence electrons. The van der Waals surface area contributed by atoms with E-state index in [1.807, 2.05) is 36.9 Å². The molecule has 0 aliphatic carbocycles. The summed E-state index contributed by atoms with van der Waals surface area (Å²) in [6.45, 7) is 2.59. The lowest BCUT2D eigenvalue weighted by Crippen LogP contribution is -2.36. The molecule has 4 rings (SSSR count). The maximum Gasteiger partial charge on any atom is 0.141 e. The smallest absolute Gasteiger partial charge is 0.141 e. The number of nitrogens with zero attached hydrogens (tertiary/aromatic N) is 5. The van der Waals surface area contributed by atoms with Crippen LogP contribution in [0.1, 0.15) is 30.1 Å². The Morgan fingerprint density at radius 2 is 1.96 bits per heavy atom. The summed E-state index contributed by atoms with van der Waals surface area (Å²) in [4.78, 5) is 15.1. The van der Waals surface area contributed by atoms with Crippen LogP contribution < -0.4 is 4.90 Å². The molecule has 1 aliphatic rings. The summed E-state index contributed by atoms with van der Waals surface area (Å²) in [5, 5.41) is 0. The van der Waals surface area contributed by atoms with Crippen molar-refractivity contribution < 1.29 is 4.39 Å². The molecule has 1 atom stereocenters. The van der Waals surface area contributed by atoms with Gasteiger partial charge in [0.15, 0.2) is 0 Å². The van der Waals surface area contributed by atoms with E-state index in [0.29, 0.717) is 5.92 Å². The molecule has 0 aromatic carbocycles. The molecule has 0 N–H and O–H groups in total. The lowest BCUT2D eigenvalue weighted by atomic mass is 9.97. The predicted octanol–water partition coefficient (Wildman–Crippen LogP) is 3.24. The van der Waals surface area contributed by atoms with E-state index in [0.717, 1.165) is 44.1 Å². The summed E-state index contributed by atoms with van der Waals surface area (Å²) < 4.78 is 15.3. The Hall–Kier alpha value is -2.76. The summed E-state index contributed by atoms with van der Waals surface area (Å²) in [5.41, 5.74) is 1.21. The molecule has 0 spiro atoms. The molecule has 0 amide bonds. The van der Waals surface area contributed by atoms with Crippen LogP contribution in [-0.4, -0.2) is 32.6 Å². The van der Waals surface area contributed by atoms with Crippen LogP contribution in [0.5, 0.6) is 0 Å². The first-order valence-electron chi connectivity index (χ1n) is 8.56. The van der Waals surface area contributed by atoms with Crippen LogP contribution in [-0.2, 0) is 6.54 Å². The minimum atomic E-state index is -0.301. The van der Waals surface area contributed by atoms with Crippen LogP contribution in [0.15, 0.2) is 55.2 Å². The molecule has 4 heterocycles. The van der Waals surface area contributed by atoms with Crippen molar-refractivity contribution in [3.63, 3.8) is 0 Å². The fraction of sp³-hybridized carbons (Fsp3) is 0.316. The molecule has 1 fully saturated rings. The number of piperidine rings is 1. The van der Waals surface area contributed by atoms with Gasteiger partial charge in [0.25, 0.3) is 0 Å². The zero-order valence-corrected chi connectivity index (χ0v) is 13.9. The summed E-state index contributed by atoms with van der Waals surface area (Å²) >= 11 is 0. The van der Waals surface area contributed by atoms with Gasteiger partial charge in [-0.2, -0.15) is 0 Å². The lowest BCUT2D eigenvalue weighted by Gasteiger charge is -2.33. The van der Waals surface area contributed by atoms with Gasteiger partial charge in [0, 0.05) is 50.3 Å². The van der Waals surface area contributed by atoms with Gasteiger partial charge in [-0.05, 0) is 42.7 Å². The molecule has 6 heteroatoms. The van der Waals surface area contributed by atoms with Crippen LogP contribution >= 0.6 is 0 Å². The third-order valence-corrected chi connectivity index (χ3v) is 4.67. The summed E-state index contributed by atoms with van der Waals surface area (Å²) in [6, 6.07) is 7.27. The summed E-state index contributed by atoms with van der Waals surface area (Å²) in [6.07, 6.45) is 11.0. The fourth-order valence-electron chi connectivity index (χ4n) is 3.45. The van der Waals surface area contributed by atoms with Gasteiger partial charge >= 0.3 is 0 Å². The Bertz CT molecular complexity index is 815. The molecule has 0 bridgehead atoms. The fourth-order valence-corrected chi connectivity index (χ4v) is 3.45. The van der Waals surface area contributed by atoms with Crippen molar-refractivity contribution in [2.45, 2.75) is 25.3 Å². The highest BCUT2D eigenvalue weighted by atomic mass is 19.1. The number of rotatable bonds is 4. The van der Waals surface area contributed by atoms with E-state index < -0.39 is 0 Å². The van der Waals surface area contributed by atoms with Gasteiger partial charge in [-0.25, -0.2) is 14.4 Å². The second-order valence-electron chi connectivity index (χ2n) is 6.39. The van der Waals surface area contributed by atoms with Crippen molar-refractivity contribution in [1.82, 2.24) is 19.5 Å². The van der Waals surface area contributed by atoms with Crippen molar-refractivity contribution >= 4 is 5.82 Å². The van der Waals surface area contributed by atoms with Gasteiger partial charge < -0.3 is 9.47 Å².